The minimum absolute atomic E-state index is 0. The Morgan fingerprint density at radius 3 is 1.18 bits per heavy atom. The second kappa shape index (κ2) is 14.3. The van der Waals surface area contributed by atoms with Gasteiger partial charge in [-0.25, -0.2) is 4.57 Å². The van der Waals surface area contributed by atoms with Gasteiger partial charge in [-0.2, -0.15) is 0 Å². The molecule has 0 unspecified atom stereocenters. The molecule has 200 valence electrons. The maximum absolute atomic E-state index is 12.6. The Bertz CT molecular complexity index is 1360. The van der Waals surface area contributed by atoms with Crippen molar-refractivity contribution >= 4 is 19.4 Å². The summed E-state index contributed by atoms with van der Waals surface area (Å²) in [6.07, 6.45) is 0.373. The Balaban J connectivity index is 0.00000441. The molecule has 0 aliphatic carbocycles. The molecule has 0 heterocycles. The van der Waals surface area contributed by atoms with Crippen molar-refractivity contribution in [3.05, 3.63) is 119 Å². The summed E-state index contributed by atoms with van der Waals surface area (Å²) in [6, 6.07) is 25.8. The fraction of sp³-hybridized carbons (Fsp3) is 0.133. The predicted octanol–water partition coefficient (Wildman–Crippen LogP) is 2.48. The molecule has 0 atom stereocenters. The number of ketones is 2. The molecule has 0 fully saturated rings. The van der Waals surface area contributed by atoms with Crippen molar-refractivity contribution in [3.8, 4) is 23.0 Å². The van der Waals surface area contributed by atoms with E-state index in [1.807, 2.05) is 24.3 Å². The van der Waals surface area contributed by atoms with Crippen LogP contribution in [0.1, 0.15) is 31.8 Å². The van der Waals surface area contributed by atoms with Gasteiger partial charge in [0.25, 0.3) is 0 Å². The van der Waals surface area contributed by atoms with E-state index in [0.29, 0.717) is 22.6 Å². The molecule has 0 aliphatic heterocycles. The van der Waals surface area contributed by atoms with E-state index in [4.69, 9.17) is 18.5 Å². The number of rotatable bonds is 12. The molecule has 4 aromatic rings. The molecule has 8 nitrogen and oxygen atoms in total. The van der Waals surface area contributed by atoms with Crippen LogP contribution in [-0.2, 0) is 17.4 Å². The van der Waals surface area contributed by atoms with Gasteiger partial charge in [-0.1, -0.05) is 24.3 Å². The molecule has 0 spiro atoms. The van der Waals surface area contributed by atoms with E-state index in [2.05, 4.69) is 0 Å². The molecule has 0 saturated carbocycles. The predicted molar refractivity (Wildman–Crippen MR) is 144 cm³/mol. The fourth-order valence-corrected chi connectivity index (χ4v) is 4.54. The molecule has 0 saturated heterocycles. The monoisotopic (exact) mass is 568 g/mol. The summed E-state index contributed by atoms with van der Waals surface area (Å²) in [5, 5.41) is 0. The second-order valence-electron chi connectivity index (χ2n) is 8.57. The van der Waals surface area contributed by atoms with E-state index < -0.39 is 7.82 Å². The third-order valence-electron chi connectivity index (χ3n) is 5.83. The number of Topliss-reactive ketones (excluding diaryl/α,β-unsaturated/α-hetero) is 2. The molecule has 0 aliphatic rings. The van der Waals surface area contributed by atoms with E-state index in [1.54, 1.807) is 38.5 Å². The quantitative estimate of drug-likeness (QED) is 0.146. The number of hydrogen-bond acceptors (Lipinski definition) is 8. The van der Waals surface area contributed by atoms with Crippen LogP contribution in [0.3, 0.4) is 0 Å². The van der Waals surface area contributed by atoms with Crippen molar-refractivity contribution in [1.82, 2.24) is 0 Å². The molecule has 4 rings (SSSR count). The first-order valence-corrected chi connectivity index (χ1v) is 13.4. The van der Waals surface area contributed by atoms with Crippen molar-refractivity contribution in [1.29, 1.82) is 0 Å². The number of methoxy groups -OCH3 is 2. The van der Waals surface area contributed by atoms with Crippen LogP contribution in [0.2, 0.25) is 0 Å². The van der Waals surface area contributed by atoms with Crippen molar-refractivity contribution in [3.63, 3.8) is 0 Å². The summed E-state index contributed by atoms with van der Waals surface area (Å²) in [7, 11) is -1.64. The minimum Gasteiger partial charge on any atom is -0.736 e. The van der Waals surface area contributed by atoms with E-state index in [9.17, 15) is 19.0 Å². The largest absolute Gasteiger partial charge is 1.00 e. The van der Waals surface area contributed by atoms with Crippen LogP contribution in [0.4, 0.5) is 0 Å². The zero-order valence-electron chi connectivity index (χ0n) is 22.4. The number of phosphoric acid groups is 1. The Morgan fingerprint density at radius 2 is 0.875 bits per heavy atom. The van der Waals surface area contributed by atoms with E-state index in [-0.39, 0.29) is 65.5 Å². The van der Waals surface area contributed by atoms with Crippen LogP contribution in [-0.4, -0.2) is 25.8 Å². The number of hydrogen-bond donors (Lipinski definition) is 0. The second-order valence-corrected chi connectivity index (χ2v) is 9.83. The number of benzene rings is 4. The maximum Gasteiger partial charge on any atom is 1.00 e. The van der Waals surface area contributed by atoms with Crippen LogP contribution >= 0.6 is 7.82 Å². The van der Waals surface area contributed by atoms with Crippen LogP contribution in [0, 0.1) is 0 Å². The van der Waals surface area contributed by atoms with E-state index in [1.165, 1.54) is 48.5 Å². The van der Waals surface area contributed by atoms with Gasteiger partial charge < -0.3 is 23.4 Å². The van der Waals surface area contributed by atoms with Crippen LogP contribution in [0.5, 0.6) is 23.0 Å². The summed E-state index contributed by atoms with van der Waals surface area (Å²) in [5.74, 6) is 1.14. The van der Waals surface area contributed by atoms with Crippen molar-refractivity contribution in [2.45, 2.75) is 12.8 Å². The molecule has 0 bridgehead atoms. The Kier molecular flexibility index (Phi) is 11.1. The summed E-state index contributed by atoms with van der Waals surface area (Å²) in [5.41, 5.74) is 2.48. The zero-order chi connectivity index (χ0) is 27.8. The summed E-state index contributed by atoms with van der Waals surface area (Å²) in [6.45, 7) is 0. The minimum atomic E-state index is -4.78. The van der Waals surface area contributed by atoms with Crippen LogP contribution in [0.15, 0.2) is 97.1 Å². The van der Waals surface area contributed by atoms with Crippen LogP contribution in [0.25, 0.3) is 0 Å². The smallest absolute Gasteiger partial charge is 0.736 e. The summed E-state index contributed by atoms with van der Waals surface area (Å²) in [4.78, 5) is 37.6. The number of phosphoric ester groups is 1. The molecular weight excluding hydrogens is 542 g/mol. The molecule has 4 aromatic carbocycles. The molecule has 10 heteroatoms. The van der Waals surface area contributed by atoms with Crippen molar-refractivity contribution < 1.29 is 67.1 Å². The van der Waals surface area contributed by atoms with Gasteiger partial charge in [-0.3, -0.25) is 9.59 Å². The summed E-state index contributed by atoms with van der Waals surface area (Å²) >= 11 is 0. The first kappa shape index (κ1) is 31.1. The molecule has 0 amide bonds. The number of carbonyl (C=O) groups is 2. The van der Waals surface area contributed by atoms with Crippen molar-refractivity contribution in [2.24, 2.45) is 0 Å². The number of ether oxygens (including phenoxy) is 2. The molecule has 0 radical (unpaired) electrons. The van der Waals surface area contributed by atoms with Gasteiger partial charge in [-0.15, -0.1) is 0 Å². The Morgan fingerprint density at radius 1 is 0.575 bits per heavy atom. The third kappa shape index (κ3) is 8.81. The Hall–Kier alpha value is -3.39. The first-order valence-electron chi connectivity index (χ1n) is 12.0. The van der Waals surface area contributed by atoms with Crippen LogP contribution < -0.4 is 53.0 Å². The van der Waals surface area contributed by atoms with Gasteiger partial charge >= 0.3 is 37.4 Å². The van der Waals surface area contributed by atoms with Gasteiger partial charge in [0.1, 0.15) is 23.0 Å². The SMILES string of the molecule is COc1ccc(CC(=O)c2ccc(OP(=O)([O-])Oc3ccc(C(=O)Cc4ccc(OC)cc4)cc3)cc2)cc1.[Na+]. The normalized spacial score (nSPS) is 10.7. The molecular formula is C30H26NaO8P. The standard InChI is InChI=1S/C30H27O8P.Na/c1-35-25-11-3-21(4-12-25)19-29(31)23-7-15-27(16-8-23)37-39(33,34)38-28-17-9-24(10-18-28)30(32)20-22-5-13-26(36-2)14-6-22;/h3-18H,19-20H2,1-2H3,(H,33,34);/q;+1/p-1. The number of carbonyl (C=O) groups excluding carboxylic acids is 2. The summed E-state index contributed by atoms with van der Waals surface area (Å²) < 4.78 is 32.7. The molecule has 0 aromatic heterocycles. The zero-order valence-corrected chi connectivity index (χ0v) is 25.3. The van der Waals surface area contributed by atoms with E-state index >= 15 is 0 Å². The fourth-order valence-electron chi connectivity index (χ4n) is 3.74. The van der Waals surface area contributed by atoms with Gasteiger partial charge in [0.05, 0.1) is 14.2 Å². The van der Waals surface area contributed by atoms with Gasteiger partial charge in [0.2, 0.25) is 0 Å². The van der Waals surface area contributed by atoms with Crippen molar-refractivity contribution in [2.75, 3.05) is 14.2 Å². The van der Waals surface area contributed by atoms with Gasteiger partial charge in [-0.05, 0) is 83.9 Å². The van der Waals surface area contributed by atoms with E-state index in [0.717, 1.165) is 11.1 Å². The maximum atomic E-state index is 12.6. The topological polar surface area (TPSA) is 111 Å². The van der Waals surface area contributed by atoms with Gasteiger partial charge in [0.15, 0.2) is 11.6 Å². The Labute approximate surface area is 254 Å². The van der Waals surface area contributed by atoms with Gasteiger partial charge in [0, 0.05) is 24.0 Å². The average Bonchev–Trinajstić information content (AvgIpc) is 2.94. The molecule has 0 N–H and O–H groups in total. The third-order valence-corrected chi connectivity index (χ3v) is 6.70. The first-order chi connectivity index (χ1) is 18.7. The molecule has 40 heavy (non-hydrogen) atoms. The average molecular weight is 568 g/mol.